The fraction of sp³-hybridized carbons (Fsp3) is 0.571. The average molecular weight is 313 g/mol. The van der Waals surface area contributed by atoms with Gasteiger partial charge in [-0.15, -0.1) is 0 Å². The molecule has 0 radical (unpaired) electrons. The zero-order valence-electron chi connectivity index (χ0n) is 11.7. The fourth-order valence-corrected chi connectivity index (χ4v) is 4.16. The first-order valence-electron chi connectivity index (χ1n) is 7.19. The second-order valence-corrected chi connectivity index (χ2v) is 7.64. The lowest BCUT2D eigenvalue weighted by molar-refractivity contribution is 0.260. The van der Waals surface area contributed by atoms with Crippen LogP contribution in [0.25, 0.3) is 0 Å². The van der Waals surface area contributed by atoms with Crippen LogP contribution in [0.15, 0.2) is 23.1 Å². The molecule has 1 aromatic carbocycles. The third kappa shape index (κ3) is 2.77. The Kier molecular flexibility index (Phi) is 3.67. The fourth-order valence-electron chi connectivity index (χ4n) is 3.63. The molecule has 1 saturated carbocycles. The molecule has 3 unspecified atom stereocenters. The van der Waals surface area contributed by atoms with Gasteiger partial charge in [0.2, 0.25) is 10.0 Å². The predicted molar refractivity (Wildman–Crippen MR) is 78.8 cm³/mol. The summed E-state index contributed by atoms with van der Waals surface area (Å²) in [7, 11) is -3.87. The van der Waals surface area contributed by atoms with Crippen molar-refractivity contribution < 1.29 is 12.8 Å². The Hall–Kier alpha value is -1.18. The van der Waals surface area contributed by atoms with Crippen LogP contribution in [0, 0.1) is 17.7 Å². The summed E-state index contributed by atoms with van der Waals surface area (Å²) in [6, 6.07) is 4.03. The number of sulfonamides is 1. The van der Waals surface area contributed by atoms with Gasteiger partial charge in [0.15, 0.2) is 0 Å². The van der Waals surface area contributed by atoms with E-state index in [9.17, 15) is 12.8 Å². The van der Waals surface area contributed by atoms with Crippen molar-refractivity contribution in [2.24, 2.45) is 22.7 Å². The molecule has 1 saturated heterocycles. The van der Waals surface area contributed by atoms with E-state index in [-0.39, 0.29) is 10.9 Å². The average Bonchev–Trinajstić information content (AvgIpc) is 2.82. The molecule has 0 spiro atoms. The number of primary sulfonamides is 1. The number of rotatable bonds is 2. The quantitative estimate of drug-likeness (QED) is 0.853. The summed E-state index contributed by atoms with van der Waals surface area (Å²) in [5, 5.41) is 5.02. The van der Waals surface area contributed by atoms with E-state index in [1.807, 2.05) is 4.90 Å². The van der Waals surface area contributed by atoms with Crippen LogP contribution < -0.4 is 15.8 Å². The number of hydrogen-bond donors (Lipinski definition) is 2. The molecule has 1 heterocycles. The maximum Gasteiger partial charge on any atom is 0.238 e. The van der Waals surface area contributed by atoms with E-state index in [1.165, 1.54) is 12.1 Å². The normalized spacial score (nSPS) is 29.5. The van der Waals surface area contributed by atoms with Gasteiger partial charge >= 0.3 is 0 Å². The molecule has 2 fully saturated rings. The van der Waals surface area contributed by atoms with E-state index < -0.39 is 15.8 Å². The van der Waals surface area contributed by atoms with Crippen molar-refractivity contribution in [2.75, 3.05) is 18.0 Å². The van der Waals surface area contributed by atoms with E-state index in [1.54, 1.807) is 0 Å². The van der Waals surface area contributed by atoms with Crippen molar-refractivity contribution in [1.82, 2.24) is 0 Å². The van der Waals surface area contributed by atoms with Crippen LogP contribution in [-0.2, 0) is 10.0 Å². The molecule has 116 valence electrons. The van der Waals surface area contributed by atoms with Crippen molar-refractivity contribution in [3.63, 3.8) is 0 Å². The second kappa shape index (κ2) is 5.23. The molecule has 0 aromatic heterocycles. The van der Waals surface area contributed by atoms with Crippen LogP contribution in [-0.4, -0.2) is 27.5 Å². The van der Waals surface area contributed by atoms with Crippen LogP contribution in [0.1, 0.15) is 19.3 Å². The Morgan fingerprint density at radius 1 is 1.24 bits per heavy atom. The van der Waals surface area contributed by atoms with E-state index >= 15 is 0 Å². The Bertz CT molecular complexity index is 650. The number of benzene rings is 1. The molecular formula is C14H20FN3O2S. The Morgan fingerprint density at radius 2 is 2.00 bits per heavy atom. The first kappa shape index (κ1) is 14.7. The molecule has 3 atom stereocenters. The lowest BCUT2D eigenvalue weighted by atomic mass is 9.78. The minimum Gasteiger partial charge on any atom is -0.369 e. The highest BCUT2D eigenvalue weighted by Crippen LogP contribution is 2.38. The summed E-state index contributed by atoms with van der Waals surface area (Å²) in [6.45, 7) is 1.52. The number of halogens is 1. The monoisotopic (exact) mass is 313 g/mol. The van der Waals surface area contributed by atoms with Crippen LogP contribution in [0.3, 0.4) is 0 Å². The van der Waals surface area contributed by atoms with Crippen molar-refractivity contribution >= 4 is 15.7 Å². The van der Waals surface area contributed by atoms with Gasteiger partial charge in [0.1, 0.15) is 5.82 Å². The summed E-state index contributed by atoms with van der Waals surface area (Å²) in [5.74, 6) is 0.357. The number of anilines is 1. The maximum atomic E-state index is 14.2. The highest BCUT2D eigenvalue weighted by atomic mass is 32.2. The Balaban J connectivity index is 1.85. The molecule has 7 heteroatoms. The highest BCUT2D eigenvalue weighted by molar-refractivity contribution is 7.89. The van der Waals surface area contributed by atoms with Gasteiger partial charge in [-0.2, -0.15) is 0 Å². The minimum atomic E-state index is -3.87. The van der Waals surface area contributed by atoms with Crippen LogP contribution in [0.2, 0.25) is 0 Å². The van der Waals surface area contributed by atoms with Gasteiger partial charge in [-0.05, 0) is 42.9 Å². The van der Waals surface area contributed by atoms with Gasteiger partial charge in [0.25, 0.3) is 0 Å². The molecule has 3 rings (SSSR count). The number of hydrogen-bond acceptors (Lipinski definition) is 4. The van der Waals surface area contributed by atoms with E-state index in [4.69, 9.17) is 10.9 Å². The summed E-state index contributed by atoms with van der Waals surface area (Å²) >= 11 is 0. The third-order valence-electron chi connectivity index (χ3n) is 4.74. The zero-order valence-corrected chi connectivity index (χ0v) is 12.5. The number of nitrogens with zero attached hydrogens (tertiary/aromatic N) is 1. The van der Waals surface area contributed by atoms with Gasteiger partial charge < -0.3 is 10.6 Å². The van der Waals surface area contributed by atoms with Crippen molar-refractivity contribution in [1.29, 1.82) is 0 Å². The lowest BCUT2D eigenvalue weighted by Crippen LogP contribution is -2.38. The molecule has 2 aliphatic rings. The van der Waals surface area contributed by atoms with Gasteiger partial charge in [-0.3, -0.25) is 0 Å². The standard InChI is InChI=1S/C14H20FN3O2S/c15-12-6-10(21(17,19)20)4-5-14(12)18-7-9-2-1-3-13(16)11(9)8-18/h4-6,9,11,13H,1-3,7-8,16H2,(H2,17,19,20). The van der Waals surface area contributed by atoms with Gasteiger partial charge in [-0.1, -0.05) is 6.42 Å². The van der Waals surface area contributed by atoms with E-state index in [0.717, 1.165) is 38.4 Å². The molecular weight excluding hydrogens is 293 g/mol. The molecule has 0 bridgehead atoms. The van der Waals surface area contributed by atoms with Gasteiger partial charge in [0, 0.05) is 19.1 Å². The molecule has 21 heavy (non-hydrogen) atoms. The predicted octanol–water partition coefficient (Wildman–Crippen LogP) is 1.04. The minimum absolute atomic E-state index is 0.181. The first-order valence-corrected chi connectivity index (χ1v) is 8.74. The molecule has 4 N–H and O–H groups in total. The highest BCUT2D eigenvalue weighted by Gasteiger charge is 2.39. The Labute approximate surface area is 124 Å². The largest absolute Gasteiger partial charge is 0.369 e. The maximum absolute atomic E-state index is 14.2. The number of fused-ring (bicyclic) bond motifs is 1. The topological polar surface area (TPSA) is 89.4 Å². The summed E-state index contributed by atoms with van der Waals surface area (Å²) in [5.41, 5.74) is 6.60. The van der Waals surface area contributed by atoms with E-state index in [2.05, 4.69) is 0 Å². The SMILES string of the molecule is NC1CCCC2CN(c3ccc(S(N)(=O)=O)cc3F)CC12. The third-order valence-corrected chi connectivity index (χ3v) is 5.65. The summed E-state index contributed by atoms with van der Waals surface area (Å²) in [6.07, 6.45) is 3.29. The second-order valence-electron chi connectivity index (χ2n) is 6.08. The number of nitrogens with two attached hydrogens (primary N) is 2. The van der Waals surface area contributed by atoms with Crippen LogP contribution in [0.5, 0.6) is 0 Å². The first-order chi connectivity index (χ1) is 9.86. The molecule has 0 amide bonds. The molecule has 1 aliphatic carbocycles. The van der Waals surface area contributed by atoms with Crippen molar-refractivity contribution in [3.05, 3.63) is 24.0 Å². The smallest absolute Gasteiger partial charge is 0.238 e. The molecule has 1 aromatic rings. The molecule has 1 aliphatic heterocycles. The van der Waals surface area contributed by atoms with E-state index in [0.29, 0.717) is 17.5 Å². The van der Waals surface area contributed by atoms with Gasteiger partial charge in [0.05, 0.1) is 10.6 Å². The van der Waals surface area contributed by atoms with Gasteiger partial charge in [-0.25, -0.2) is 17.9 Å². The van der Waals surface area contributed by atoms with Crippen LogP contribution in [0.4, 0.5) is 10.1 Å². The molecule has 5 nitrogen and oxygen atoms in total. The Morgan fingerprint density at radius 3 is 2.62 bits per heavy atom. The van der Waals surface area contributed by atoms with Crippen LogP contribution >= 0.6 is 0 Å². The van der Waals surface area contributed by atoms with Crippen molar-refractivity contribution in [3.8, 4) is 0 Å². The zero-order chi connectivity index (χ0) is 15.2. The summed E-state index contributed by atoms with van der Waals surface area (Å²) in [4.78, 5) is 1.78. The summed E-state index contributed by atoms with van der Waals surface area (Å²) < 4.78 is 36.7. The van der Waals surface area contributed by atoms with Crippen molar-refractivity contribution in [2.45, 2.75) is 30.2 Å². The lowest BCUT2D eigenvalue weighted by Gasteiger charge is -2.29.